The summed E-state index contributed by atoms with van der Waals surface area (Å²) in [5, 5.41) is 0. The van der Waals surface area contributed by atoms with Crippen LogP contribution < -0.4 is 0 Å². The smallest absolute Gasteiger partial charge is 0.135 e. The molecule has 0 saturated heterocycles. The molecule has 0 radical (unpaired) electrons. The summed E-state index contributed by atoms with van der Waals surface area (Å²) in [6.07, 6.45) is 27.0. The summed E-state index contributed by atoms with van der Waals surface area (Å²) >= 11 is 0. The highest BCUT2D eigenvalue weighted by atomic mass is 16.1. The third-order valence-electron chi connectivity index (χ3n) is 6.77. The van der Waals surface area contributed by atoms with Crippen molar-refractivity contribution in [3.8, 4) is 0 Å². The van der Waals surface area contributed by atoms with Crippen molar-refractivity contribution in [3.63, 3.8) is 0 Å². The van der Waals surface area contributed by atoms with Gasteiger partial charge in [0.05, 0.1) is 27.7 Å². The number of unbranched alkanes of at least 4 members (excludes halogenated alkanes) is 15. The summed E-state index contributed by atoms with van der Waals surface area (Å²) in [4.78, 5) is 12.9. The zero-order valence-electron chi connectivity index (χ0n) is 22.5. The molecule has 0 aliphatic carbocycles. The molecular weight excluding hydrogens is 378 g/mol. The molecule has 186 valence electrons. The first-order chi connectivity index (χ1) is 14.9. The lowest BCUT2D eigenvalue weighted by Gasteiger charge is -2.24. The molecule has 0 rings (SSSR count). The first kappa shape index (κ1) is 30.6. The van der Waals surface area contributed by atoms with E-state index in [0.717, 1.165) is 30.2 Å². The molecule has 0 saturated carbocycles. The highest BCUT2D eigenvalue weighted by Gasteiger charge is 2.18. The number of carbonyl (C=O) groups excluding carboxylic acids is 1. The summed E-state index contributed by atoms with van der Waals surface area (Å²) in [5.41, 5.74) is 0. The van der Waals surface area contributed by atoms with Crippen LogP contribution in [0.2, 0.25) is 0 Å². The second-order valence-corrected chi connectivity index (χ2v) is 11.2. The van der Waals surface area contributed by atoms with E-state index in [1.54, 1.807) is 0 Å². The minimum atomic E-state index is 0.345. The van der Waals surface area contributed by atoms with E-state index in [9.17, 15) is 4.79 Å². The van der Waals surface area contributed by atoms with Gasteiger partial charge in [0.25, 0.3) is 0 Å². The van der Waals surface area contributed by atoms with Gasteiger partial charge in [-0.05, 0) is 32.1 Å². The van der Waals surface area contributed by atoms with Gasteiger partial charge < -0.3 is 4.48 Å². The molecule has 1 atom stereocenters. The second kappa shape index (κ2) is 21.5. The summed E-state index contributed by atoms with van der Waals surface area (Å²) < 4.78 is 1.04. The van der Waals surface area contributed by atoms with E-state index < -0.39 is 0 Å². The van der Waals surface area contributed by atoms with Gasteiger partial charge in [0.15, 0.2) is 0 Å². The number of carbonyl (C=O) groups is 1. The lowest BCUT2D eigenvalue weighted by atomic mass is 9.88. The van der Waals surface area contributed by atoms with E-state index in [2.05, 4.69) is 35.0 Å². The lowest BCUT2D eigenvalue weighted by Crippen LogP contribution is -2.35. The van der Waals surface area contributed by atoms with Gasteiger partial charge in [0, 0.05) is 12.3 Å². The molecule has 0 spiro atoms. The molecule has 0 bridgehead atoms. The first-order valence-corrected chi connectivity index (χ1v) is 14.2. The average Bonchev–Trinajstić information content (AvgIpc) is 2.72. The third kappa shape index (κ3) is 22.6. The van der Waals surface area contributed by atoms with Gasteiger partial charge in [-0.2, -0.15) is 0 Å². The Morgan fingerprint density at radius 1 is 0.548 bits per heavy atom. The number of rotatable bonds is 24. The van der Waals surface area contributed by atoms with Gasteiger partial charge in [-0.1, -0.05) is 110 Å². The maximum atomic E-state index is 12.9. The molecule has 0 aromatic rings. The Morgan fingerprint density at radius 3 is 1.39 bits per heavy atom. The molecule has 0 heterocycles. The van der Waals surface area contributed by atoms with Crippen LogP contribution in [0.15, 0.2) is 0 Å². The normalized spacial score (nSPS) is 12.9. The molecule has 0 aliphatic heterocycles. The predicted molar refractivity (Wildman–Crippen MR) is 140 cm³/mol. The molecule has 0 aliphatic rings. The Labute approximate surface area is 197 Å². The topological polar surface area (TPSA) is 17.1 Å². The van der Waals surface area contributed by atoms with Crippen molar-refractivity contribution in [2.24, 2.45) is 5.92 Å². The Morgan fingerprint density at radius 2 is 0.935 bits per heavy atom. The first-order valence-electron chi connectivity index (χ1n) is 14.2. The van der Waals surface area contributed by atoms with Crippen molar-refractivity contribution >= 4 is 5.78 Å². The molecular formula is C29H60NO+. The molecule has 0 aromatic heterocycles. The van der Waals surface area contributed by atoms with E-state index in [-0.39, 0.29) is 0 Å². The van der Waals surface area contributed by atoms with E-state index >= 15 is 0 Å². The van der Waals surface area contributed by atoms with Crippen molar-refractivity contribution < 1.29 is 9.28 Å². The Hall–Kier alpha value is -0.370. The van der Waals surface area contributed by atoms with Crippen LogP contribution >= 0.6 is 0 Å². The van der Waals surface area contributed by atoms with E-state index in [4.69, 9.17) is 0 Å². The molecule has 1 unspecified atom stereocenters. The van der Waals surface area contributed by atoms with Crippen LogP contribution in [0.5, 0.6) is 0 Å². The molecule has 0 N–H and O–H groups in total. The second-order valence-electron chi connectivity index (χ2n) is 11.2. The van der Waals surface area contributed by atoms with Crippen LogP contribution in [0.4, 0.5) is 0 Å². The van der Waals surface area contributed by atoms with Crippen LogP contribution in [-0.2, 0) is 4.79 Å². The van der Waals surface area contributed by atoms with Crippen LogP contribution in [0.25, 0.3) is 0 Å². The summed E-state index contributed by atoms with van der Waals surface area (Å²) in [5.74, 6) is 0.926. The van der Waals surface area contributed by atoms with Gasteiger partial charge in [0.1, 0.15) is 5.78 Å². The van der Waals surface area contributed by atoms with Crippen molar-refractivity contribution in [2.75, 3.05) is 27.7 Å². The Kier molecular flexibility index (Phi) is 21.2. The maximum Gasteiger partial charge on any atom is 0.135 e. The van der Waals surface area contributed by atoms with Crippen molar-refractivity contribution in [3.05, 3.63) is 0 Å². The molecule has 0 amide bonds. The summed E-state index contributed by atoms with van der Waals surface area (Å²) in [7, 11) is 6.81. The van der Waals surface area contributed by atoms with Crippen LogP contribution in [-0.4, -0.2) is 38.0 Å². The van der Waals surface area contributed by atoms with E-state index in [1.165, 1.54) is 116 Å². The quantitative estimate of drug-likeness (QED) is 0.108. The van der Waals surface area contributed by atoms with Gasteiger partial charge >= 0.3 is 0 Å². The predicted octanol–water partition coefficient (Wildman–Crippen LogP) is 9.11. The fourth-order valence-electron chi connectivity index (χ4n) is 4.61. The fourth-order valence-corrected chi connectivity index (χ4v) is 4.61. The largest absolute Gasteiger partial charge is 0.331 e. The zero-order valence-corrected chi connectivity index (χ0v) is 22.5. The molecule has 31 heavy (non-hydrogen) atoms. The zero-order chi connectivity index (χ0) is 23.2. The molecule has 2 nitrogen and oxygen atoms in total. The van der Waals surface area contributed by atoms with E-state index in [1.807, 2.05) is 0 Å². The summed E-state index contributed by atoms with van der Waals surface area (Å²) in [6, 6.07) is 0. The average molecular weight is 439 g/mol. The number of quaternary nitrogens is 1. The van der Waals surface area contributed by atoms with Crippen molar-refractivity contribution in [1.82, 2.24) is 0 Å². The molecule has 0 aromatic carbocycles. The van der Waals surface area contributed by atoms with Crippen LogP contribution in [0, 0.1) is 5.92 Å². The maximum absolute atomic E-state index is 12.9. The van der Waals surface area contributed by atoms with Gasteiger partial charge in [-0.25, -0.2) is 0 Å². The van der Waals surface area contributed by atoms with Gasteiger partial charge in [0.2, 0.25) is 0 Å². The van der Waals surface area contributed by atoms with E-state index in [0.29, 0.717) is 11.7 Å². The number of hydrogen-bond acceptors (Lipinski definition) is 1. The Balaban J connectivity index is 4.09. The summed E-state index contributed by atoms with van der Waals surface area (Å²) in [6.45, 7) is 5.78. The van der Waals surface area contributed by atoms with Gasteiger partial charge in [-0.15, -0.1) is 0 Å². The molecule has 0 fully saturated rings. The highest BCUT2D eigenvalue weighted by Crippen LogP contribution is 2.22. The highest BCUT2D eigenvalue weighted by molar-refractivity contribution is 5.80. The van der Waals surface area contributed by atoms with Crippen molar-refractivity contribution in [1.29, 1.82) is 0 Å². The number of hydrogen-bond donors (Lipinski definition) is 0. The SMILES string of the molecule is CCCCCCCCCCCC(CCCC[N+](C)(C)C)C(=O)CCCCCCCCC. The standard InChI is InChI=1S/C29H60NO/c1-6-8-10-12-14-15-17-18-20-24-28(25-22-23-27-30(3,4)5)29(31)26-21-19-16-13-11-9-7-2/h28H,6-27H2,1-5H3/q+1. The van der Waals surface area contributed by atoms with Crippen LogP contribution in [0.3, 0.4) is 0 Å². The van der Waals surface area contributed by atoms with Crippen molar-refractivity contribution in [2.45, 2.75) is 149 Å². The Bertz CT molecular complexity index is 385. The minimum absolute atomic E-state index is 0.345. The number of ketones is 1. The minimum Gasteiger partial charge on any atom is -0.331 e. The monoisotopic (exact) mass is 438 g/mol. The molecule has 2 heteroatoms. The number of nitrogens with zero attached hydrogens (tertiary/aromatic N) is 1. The lowest BCUT2D eigenvalue weighted by molar-refractivity contribution is -0.870. The number of Topliss-reactive ketones (excluding diaryl/α,β-unsaturated/α-hetero) is 1. The van der Waals surface area contributed by atoms with Crippen LogP contribution in [0.1, 0.15) is 149 Å². The van der Waals surface area contributed by atoms with Gasteiger partial charge in [-0.3, -0.25) is 4.79 Å². The third-order valence-corrected chi connectivity index (χ3v) is 6.77. The fraction of sp³-hybridized carbons (Fsp3) is 0.966.